The van der Waals surface area contributed by atoms with Gasteiger partial charge in [-0.25, -0.2) is 4.79 Å². The fourth-order valence-electron chi connectivity index (χ4n) is 3.13. The Morgan fingerprint density at radius 1 is 0.931 bits per heavy atom. The van der Waals surface area contributed by atoms with Gasteiger partial charge in [-0.15, -0.1) is 0 Å². The molecule has 0 saturated heterocycles. The molecule has 0 radical (unpaired) electrons. The topological polar surface area (TPSA) is 59.9 Å². The van der Waals surface area contributed by atoms with E-state index in [2.05, 4.69) is 16.4 Å². The smallest absolute Gasteiger partial charge is 0.338 e. The van der Waals surface area contributed by atoms with Crippen LogP contribution in [0.1, 0.15) is 21.5 Å². The Morgan fingerprint density at radius 3 is 2.41 bits per heavy atom. The van der Waals surface area contributed by atoms with Crippen molar-refractivity contribution in [2.24, 2.45) is 4.99 Å². The minimum absolute atomic E-state index is 0.241. The van der Waals surface area contributed by atoms with Gasteiger partial charge in [0, 0.05) is 5.56 Å². The molecule has 1 unspecified atom stereocenters. The normalized spacial score (nSPS) is 13.2. The second kappa shape index (κ2) is 9.06. The first-order valence-electron chi connectivity index (χ1n) is 9.60. The van der Waals surface area contributed by atoms with Gasteiger partial charge in [0.15, 0.2) is 6.10 Å². The molecule has 4 rings (SSSR count). The second-order valence-electron chi connectivity index (χ2n) is 6.72. The Morgan fingerprint density at radius 2 is 1.62 bits per heavy atom. The Kier molecular flexibility index (Phi) is 5.86. The van der Waals surface area contributed by atoms with Gasteiger partial charge in [-0.2, -0.15) is 0 Å². The van der Waals surface area contributed by atoms with Gasteiger partial charge in [0.25, 0.3) is 0 Å². The van der Waals surface area contributed by atoms with Gasteiger partial charge < -0.3 is 14.8 Å². The lowest BCUT2D eigenvalue weighted by Crippen LogP contribution is -2.38. The number of amidine groups is 1. The first-order chi connectivity index (χ1) is 14.3. The van der Waals surface area contributed by atoms with Gasteiger partial charge in [-0.05, 0) is 29.8 Å². The van der Waals surface area contributed by atoms with Crippen molar-refractivity contribution in [3.8, 4) is 5.75 Å². The van der Waals surface area contributed by atoms with Crippen LogP contribution >= 0.6 is 0 Å². The van der Waals surface area contributed by atoms with Crippen molar-refractivity contribution in [1.82, 2.24) is 5.32 Å². The van der Waals surface area contributed by atoms with E-state index in [9.17, 15) is 4.79 Å². The van der Waals surface area contributed by atoms with E-state index < -0.39 is 6.10 Å². The summed E-state index contributed by atoms with van der Waals surface area (Å²) < 4.78 is 11.6. The van der Waals surface area contributed by atoms with Crippen LogP contribution in [-0.2, 0) is 11.3 Å². The minimum atomic E-state index is -0.474. The largest absolute Gasteiger partial charge is 0.490 e. The van der Waals surface area contributed by atoms with Crippen molar-refractivity contribution in [1.29, 1.82) is 0 Å². The number of ether oxygens (including phenoxy) is 2. The SMILES string of the molecule is O=C(OC(CNC1=NCc2ccccc21)COc1ccccc1)c1ccccc1. The summed E-state index contributed by atoms with van der Waals surface area (Å²) in [4.78, 5) is 17.1. The Balaban J connectivity index is 1.42. The van der Waals surface area contributed by atoms with Crippen LogP contribution in [0, 0.1) is 0 Å². The number of carbonyl (C=O) groups is 1. The summed E-state index contributed by atoms with van der Waals surface area (Å²) in [6.07, 6.45) is -0.474. The quantitative estimate of drug-likeness (QED) is 0.627. The molecule has 1 aliphatic heterocycles. The molecule has 0 amide bonds. The number of benzene rings is 3. The fraction of sp³-hybridized carbons (Fsp3) is 0.167. The molecule has 3 aromatic rings. The molecule has 0 saturated carbocycles. The maximum absolute atomic E-state index is 12.5. The van der Waals surface area contributed by atoms with Crippen LogP contribution in [0.5, 0.6) is 5.75 Å². The lowest BCUT2D eigenvalue weighted by molar-refractivity contribution is 0.0189. The van der Waals surface area contributed by atoms with Crippen LogP contribution < -0.4 is 10.1 Å². The molecular formula is C24H22N2O3. The number of carbonyl (C=O) groups excluding carboxylic acids is 1. The summed E-state index contributed by atoms with van der Waals surface area (Å²) in [6.45, 7) is 1.30. The Labute approximate surface area is 170 Å². The molecule has 5 heteroatoms. The first-order valence-corrected chi connectivity index (χ1v) is 9.60. The Bertz CT molecular complexity index is 987. The molecule has 3 aromatic carbocycles. The lowest BCUT2D eigenvalue weighted by atomic mass is 10.1. The zero-order valence-electron chi connectivity index (χ0n) is 16.0. The maximum Gasteiger partial charge on any atom is 0.338 e. The standard InChI is InChI=1S/C24H22N2O3/c27-24(18-9-3-1-4-10-18)29-21(17-28-20-12-5-2-6-13-20)16-26-23-22-14-8-7-11-19(22)15-25-23/h1-14,21H,15-17H2,(H,25,26). The molecule has 0 bridgehead atoms. The van der Waals surface area contributed by atoms with Crippen LogP contribution in [0.3, 0.4) is 0 Å². The van der Waals surface area contributed by atoms with Crippen LogP contribution in [0.4, 0.5) is 0 Å². The average Bonchev–Trinajstić information content (AvgIpc) is 3.20. The van der Waals surface area contributed by atoms with E-state index in [0.717, 1.165) is 17.1 Å². The number of hydrogen-bond acceptors (Lipinski definition) is 5. The summed E-state index contributed by atoms with van der Waals surface area (Å²) >= 11 is 0. The first kappa shape index (κ1) is 18.7. The van der Waals surface area contributed by atoms with E-state index >= 15 is 0 Å². The summed E-state index contributed by atoms with van der Waals surface area (Å²) in [6, 6.07) is 26.6. The van der Waals surface area contributed by atoms with E-state index in [-0.39, 0.29) is 12.6 Å². The molecule has 146 valence electrons. The third kappa shape index (κ3) is 4.82. The summed E-state index contributed by atoms with van der Waals surface area (Å²) in [7, 11) is 0. The lowest BCUT2D eigenvalue weighted by Gasteiger charge is -2.20. The monoisotopic (exact) mass is 386 g/mol. The number of rotatable bonds is 7. The highest BCUT2D eigenvalue weighted by molar-refractivity contribution is 6.02. The van der Waals surface area contributed by atoms with Gasteiger partial charge in [-0.3, -0.25) is 4.99 Å². The summed E-state index contributed by atoms with van der Waals surface area (Å²) in [5.41, 5.74) is 2.79. The molecule has 1 atom stereocenters. The fourth-order valence-corrected chi connectivity index (χ4v) is 3.13. The molecule has 0 spiro atoms. The number of esters is 1. The van der Waals surface area contributed by atoms with E-state index in [1.165, 1.54) is 5.56 Å². The molecule has 5 nitrogen and oxygen atoms in total. The van der Waals surface area contributed by atoms with E-state index in [1.54, 1.807) is 12.1 Å². The number of nitrogens with zero attached hydrogens (tertiary/aromatic N) is 1. The number of hydrogen-bond donors (Lipinski definition) is 1. The molecule has 1 N–H and O–H groups in total. The second-order valence-corrected chi connectivity index (χ2v) is 6.72. The number of fused-ring (bicyclic) bond motifs is 1. The van der Waals surface area contributed by atoms with Crippen LogP contribution in [0.15, 0.2) is 89.9 Å². The van der Waals surface area contributed by atoms with Crippen LogP contribution in [0.25, 0.3) is 0 Å². The molecule has 1 heterocycles. The van der Waals surface area contributed by atoms with Crippen LogP contribution in [0.2, 0.25) is 0 Å². The van der Waals surface area contributed by atoms with Gasteiger partial charge in [0.2, 0.25) is 0 Å². The van der Waals surface area contributed by atoms with E-state index in [1.807, 2.05) is 66.7 Å². The van der Waals surface area contributed by atoms with Crippen molar-refractivity contribution in [2.45, 2.75) is 12.6 Å². The highest BCUT2D eigenvalue weighted by atomic mass is 16.6. The average molecular weight is 386 g/mol. The van der Waals surface area contributed by atoms with E-state index in [4.69, 9.17) is 9.47 Å². The zero-order chi connectivity index (χ0) is 19.9. The van der Waals surface area contributed by atoms with E-state index in [0.29, 0.717) is 18.7 Å². The summed E-state index contributed by atoms with van der Waals surface area (Å²) in [5, 5.41) is 3.32. The highest BCUT2D eigenvalue weighted by Gasteiger charge is 2.20. The van der Waals surface area contributed by atoms with Gasteiger partial charge in [0.1, 0.15) is 18.2 Å². The molecule has 0 fully saturated rings. The molecule has 0 aromatic heterocycles. The van der Waals surface area contributed by atoms with Crippen molar-refractivity contribution in [2.75, 3.05) is 13.2 Å². The van der Waals surface area contributed by atoms with Crippen molar-refractivity contribution in [3.05, 3.63) is 102 Å². The molecule has 1 aliphatic rings. The molecule has 29 heavy (non-hydrogen) atoms. The number of para-hydroxylation sites is 1. The van der Waals surface area contributed by atoms with Crippen LogP contribution in [-0.4, -0.2) is 31.1 Å². The zero-order valence-corrected chi connectivity index (χ0v) is 16.0. The third-order valence-electron chi connectivity index (χ3n) is 4.64. The highest BCUT2D eigenvalue weighted by Crippen LogP contribution is 2.17. The third-order valence-corrected chi connectivity index (χ3v) is 4.64. The van der Waals surface area contributed by atoms with Crippen molar-refractivity contribution >= 4 is 11.8 Å². The summed E-state index contributed by atoms with van der Waals surface area (Å²) in [5.74, 6) is 1.18. The van der Waals surface area contributed by atoms with Gasteiger partial charge in [0.05, 0.1) is 18.7 Å². The minimum Gasteiger partial charge on any atom is -0.490 e. The van der Waals surface area contributed by atoms with Crippen molar-refractivity contribution < 1.29 is 14.3 Å². The number of nitrogens with one attached hydrogen (secondary N) is 1. The maximum atomic E-state index is 12.5. The molecular weight excluding hydrogens is 364 g/mol. The van der Waals surface area contributed by atoms with Crippen molar-refractivity contribution in [3.63, 3.8) is 0 Å². The Hall–Kier alpha value is -3.60. The predicted octanol–water partition coefficient (Wildman–Crippen LogP) is 3.84. The molecule has 0 aliphatic carbocycles. The van der Waals surface area contributed by atoms with Gasteiger partial charge in [-0.1, -0.05) is 60.7 Å². The predicted molar refractivity (Wildman–Crippen MR) is 112 cm³/mol. The van der Waals surface area contributed by atoms with Gasteiger partial charge >= 0.3 is 5.97 Å². The number of aliphatic imine (C=N–C) groups is 1.